The van der Waals surface area contributed by atoms with Crippen molar-refractivity contribution < 1.29 is 17.9 Å². The first-order valence-corrected chi connectivity index (χ1v) is 9.54. The van der Waals surface area contributed by atoms with Crippen LogP contribution in [0.3, 0.4) is 0 Å². The Kier molecular flexibility index (Phi) is 5.08. The van der Waals surface area contributed by atoms with Crippen LogP contribution >= 0.6 is 11.6 Å². The third-order valence-corrected chi connectivity index (χ3v) is 5.92. The molecule has 1 aliphatic heterocycles. The predicted octanol–water partition coefficient (Wildman–Crippen LogP) is 2.97. The maximum absolute atomic E-state index is 12.2. The van der Waals surface area contributed by atoms with Crippen molar-refractivity contribution >= 4 is 27.3 Å². The summed E-state index contributed by atoms with van der Waals surface area (Å²) in [5.74, 6) is 1.27. The fourth-order valence-electron chi connectivity index (χ4n) is 2.42. The van der Waals surface area contributed by atoms with Gasteiger partial charge < -0.3 is 14.8 Å². The second-order valence-corrected chi connectivity index (χ2v) is 8.32. The first kappa shape index (κ1) is 17.8. The molecule has 0 saturated heterocycles. The van der Waals surface area contributed by atoms with Gasteiger partial charge in [0.1, 0.15) is 13.2 Å². The van der Waals surface area contributed by atoms with Crippen molar-refractivity contribution in [2.24, 2.45) is 0 Å². The minimum absolute atomic E-state index is 0.255. The Morgan fingerprint density at radius 1 is 1.12 bits per heavy atom. The average Bonchev–Trinajstić information content (AvgIpc) is 2.60. The summed E-state index contributed by atoms with van der Waals surface area (Å²) < 4.78 is 36.7. The summed E-state index contributed by atoms with van der Waals surface area (Å²) in [4.78, 5) is 0.255. The first-order valence-electron chi connectivity index (χ1n) is 7.72. The third-order valence-electron chi connectivity index (χ3n) is 3.79. The van der Waals surface area contributed by atoms with Gasteiger partial charge in [-0.25, -0.2) is 12.7 Å². The normalized spacial score (nSPS) is 13.8. The molecule has 0 aliphatic carbocycles. The number of hydrogen-bond donors (Lipinski definition) is 1. The predicted molar refractivity (Wildman–Crippen MR) is 97.1 cm³/mol. The average molecular weight is 383 g/mol. The summed E-state index contributed by atoms with van der Waals surface area (Å²) >= 11 is 6.27. The molecule has 3 rings (SSSR count). The van der Waals surface area contributed by atoms with Crippen LogP contribution in [0, 0.1) is 0 Å². The van der Waals surface area contributed by atoms with Crippen LogP contribution in [0.2, 0.25) is 5.02 Å². The van der Waals surface area contributed by atoms with Gasteiger partial charge in [0.05, 0.1) is 15.6 Å². The Hall–Kier alpha value is -1.96. The van der Waals surface area contributed by atoms with Crippen LogP contribution in [0.5, 0.6) is 11.5 Å². The molecule has 0 saturated carbocycles. The number of rotatable bonds is 5. The highest BCUT2D eigenvalue weighted by atomic mass is 35.5. The summed E-state index contributed by atoms with van der Waals surface area (Å²) in [6, 6.07) is 10.3. The van der Waals surface area contributed by atoms with Crippen molar-refractivity contribution in [3.8, 4) is 11.5 Å². The number of halogens is 1. The molecule has 1 N–H and O–H groups in total. The second-order valence-electron chi connectivity index (χ2n) is 5.76. The van der Waals surface area contributed by atoms with E-state index < -0.39 is 10.0 Å². The van der Waals surface area contributed by atoms with E-state index in [0.29, 0.717) is 42.0 Å². The number of sulfonamides is 1. The van der Waals surface area contributed by atoms with Gasteiger partial charge in [-0.1, -0.05) is 23.7 Å². The highest BCUT2D eigenvalue weighted by Crippen LogP contribution is 2.38. The van der Waals surface area contributed by atoms with Crippen molar-refractivity contribution in [1.29, 1.82) is 0 Å². The number of hydrogen-bond acceptors (Lipinski definition) is 5. The molecule has 8 heteroatoms. The maximum atomic E-state index is 12.2. The van der Waals surface area contributed by atoms with Gasteiger partial charge in [-0.3, -0.25) is 0 Å². The Morgan fingerprint density at radius 3 is 2.48 bits per heavy atom. The van der Waals surface area contributed by atoms with E-state index in [2.05, 4.69) is 5.32 Å². The number of nitrogens with zero attached hydrogens (tertiary/aromatic N) is 1. The van der Waals surface area contributed by atoms with Gasteiger partial charge in [0.25, 0.3) is 0 Å². The number of nitrogens with one attached hydrogen (secondary N) is 1. The zero-order chi connectivity index (χ0) is 18.0. The topological polar surface area (TPSA) is 67.9 Å². The van der Waals surface area contributed by atoms with E-state index in [1.165, 1.54) is 18.4 Å². The van der Waals surface area contributed by atoms with Crippen molar-refractivity contribution in [2.75, 3.05) is 32.6 Å². The number of anilines is 1. The molecular weight excluding hydrogens is 364 g/mol. The van der Waals surface area contributed by atoms with Crippen LogP contribution in [0.25, 0.3) is 0 Å². The molecule has 1 heterocycles. The van der Waals surface area contributed by atoms with Gasteiger partial charge in [0.2, 0.25) is 10.0 Å². The molecule has 0 amide bonds. The fourth-order valence-corrected chi connectivity index (χ4v) is 3.62. The van der Waals surface area contributed by atoms with E-state index in [1.54, 1.807) is 30.3 Å². The quantitative estimate of drug-likeness (QED) is 0.861. The van der Waals surface area contributed by atoms with Crippen molar-refractivity contribution in [3.05, 3.63) is 47.0 Å². The van der Waals surface area contributed by atoms with Crippen LogP contribution in [0.1, 0.15) is 5.56 Å². The standard InChI is InChI=1S/C17H19ClN2O4S/c1-20(2)25(21,22)13-5-3-4-12(8-13)11-19-15-10-17-16(9-14(15)18)23-6-7-24-17/h3-5,8-10,19H,6-7,11H2,1-2H3. The summed E-state index contributed by atoms with van der Waals surface area (Å²) in [6.45, 7) is 1.43. The smallest absolute Gasteiger partial charge is 0.242 e. The lowest BCUT2D eigenvalue weighted by Crippen LogP contribution is -2.22. The van der Waals surface area contributed by atoms with Crippen LogP contribution in [0.15, 0.2) is 41.3 Å². The van der Waals surface area contributed by atoms with E-state index in [-0.39, 0.29) is 4.90 Å². The highest BCUT2D eigenvalue weighted by Gasteiger charge is 2.18. The lowest BCUT2D eigenvalue weighted by molar-refractivity contribution is 0.171. The van der Waals surface area contributed by atoms with Gasteiger partial charge in [-0.2, -0.15) is 0 Å². The molecule has 0 bridgehead atoms. The van der Waals surface area contributed by atoms with E-state index in [1.807, 2.05) is 6.07 Å². The molecule has 2 aromatic carbocycles. The van der Waals surface area contributed by atoms with Crippen molar-refractivity contribution in [3.63, 3.8) is 0 Å². The number of fused-ring (bicyclic) bond motifs is 1. The van der Waals surface area contributed by atoms with Crippen LogP contribution in [0.4, 0.5) is 5.69 Å². The molecule has 2 aromatic rings. The van der Waals surface area contributed by atoms with Crippen LogP contribution in [-0.2, 0) is 16.6 Å². The Morgan fingerprint density at radius 2 is 1.80 bits per heavy atom. The van der Waals surface area contributed by atoms with Gasteiger partial charge in [-0.05, 0) is 17.7 Å². The number of benzene rings is 2. The van der Waals surface area contributed by atoms with Gasteiger partial charge in [-0.15, -0.1) is 0 Å². The van der Waals surface area contributed by atoms with E-state index >= 15 is 0 Å². The first-order chi connectivity index (χ1) is 11.9. The van der Waals surface area contributed by atoms with Crippen LogP contribution in [-0.4, -0.2) is 40.0 Å². The third kappa shape index (κ3) is 3.84. The molecule has 6 nitrogen and oxygen atoms in total. The molecule has 1 aliphatic rings. The Balaban J connectivity index is 1.78. The van der Waals surface area contributed by atoms with E-state index in [9.17, 15) is 8.42 Å². The minimum atomic E-state index is -3.46. The van der Waals surface area contributed by atoms with Crippen molar-refractivity contribution in [2.45, 2.75) is 11.4 Å². The van der Waals surface area contributed by atoms with Crippen LogP contribution < -0.4 is 14.8 Å². The van der Waals surface area contributed by atoms with Crippen molar-refractivity contribution in [1.82, 2.24) is 4.31 Å². The van der Waals surface area contributed by atoms with Gasteiger partial charge in [0.15, 0.2) is 11.5 Å². The molecule has 0 radical (unpaired) electrons. The van der Waals surface area contributed by atoms with Gasteiger partial charge >= 0.3 is 0 Å². The summed E-state index contributed by atoms with van der Waals surface area (Å²) in [6.07, 6.45) is 0. The zero-order valence-electron chi connectivity index (χ0n) is 14.0. The molecule has 25 heavy (non-hydrogen) atoms. The Labute approximate surface area is 152 Å². The summed E-state index contributed by atoms with van der Waals surface area (Å²) in [5, 5.41) is 3.73. The molecule has 134 valence electrons. The van der Waals surface area contributed by atoms with E-state index in [0.717, 1.165) is 5.56 Å². The SMILES string of the molecule is CN(C)S(=O)(=O)c1cccc(CNc2cc3c(cc2Cl)OCCO3)c1. The molecule has 0 unspecified atom stereocenters. The van der Waals surface area contributed by atoms with E-state index in [4.69, 9.17) is 21.1 Å². The summed E-state index contributed by atoms with van der Waals surface area (Å²) in [7, 11) is -0.441. The Bertz CT molecular complexity index is 884. The molecule has 0 atom stereocenters. The number of ether oxygens (including phenoxy) is 2. The monoisotopic (exact) mass is 382 g/mol. The maximum Gasteiger partial charge on any atom is 0.242 e. The zero-order valence-corrected chi connectivity index (χ0v) is 15.5. The molecular formula is C17H19ClN2O4S. The highest BCUT2D eigenvalue weighted by molar-refractivity contribution is 7.89. The minimum Gasteiger partial charge on any atom is -0.486 e. The lowest BCUT2D eigenvalue weighted by atomic mass is 10.2. The lowest BCUT2D eigenvalue weighted by Gasteiger charge is -2.20. The summed E-state index contributed by atoms with van der Waals surface area (Å²) in [5.41, 5.74) is 1.53. The molecule has 0 spiro atoms. The molecule has 0 aromatic heterocycles. The fraction of sp³-hybridized carbons (Fsp3) is 0.294. The molecule has 0 fully saturated rings. The van der Waals surface area contributed by atoms with Gasteiger partial charge in [0, 0.05) is 32.8 Å². The largest absolute Gasteiger partial charge is 0.486 e. The second kappa shape index (κ2) is 7.11.